The van der Waals surface area contributed by atoms with Gasteiger partial charge in [0.25, 0.3) is 5.91 Å². The molecule has 1 heterocycles. The minimum Gasteiger partial charge on any atom is -0.446 e. The highest BCUT2D eigenvalue weighted by molar-refractivity contribution is 5.95. The van der Waals surface area contributed by atoms with E-state index in [1.165, 1.54) is 6.39 Å². The van der Waals surface area contributed by atoms with Crippen molar-refractivity contribution in [1.29, 1.82) is 0 Å². The molecule has 0 radical (unpaired) electrons. The summed E-state index contributed by atoms with van der Waals surface area (Å²) >= 11 is 0. The fourth-order valence-electron chi connectivity index (χ4n) is 1.95. The lowest BCUT2D eigenvalue weighted by atomic mass is 10.2. The first-order valence-electron chi connectivity index (χ1n) is 6.76. The molecule has 0 aliphatic heterocycles. The van der Waals surface area contributed by atoms with E-state index >= 15 is 0 Å². The summed E-state index contributed by atoms with van der Waals surface area (Å²) in [5.41, 5.74) is 2.44. The van der Waals surface area contributed by atoms with Crippen LogP contribution in [0.15, 0.2) is 35.1 Å². The Morgan fingerprint density at radius 3 is 3.00 bits per heavy atom. The zero-order valence-electron chi connectivity index (χ0n) is 11.3. The molecular formula is C15H17N3O2. The lowest BCUT2D eigenvalue weighted by Crippen LogP contribution is -2.25. The van der Waals surface area contributed by atoms with Crippen LogP contribution in [0.1, 0.15) is 34.7 Å². The summed E-state index contributed by atoms with van der Waals surface area (Å²) in [4.78, 5) is 16.0. The van der Waals surface area contributed by atoms with Gasteiger partial charge in [0.05, 0.1) is 12.2 Å². The molecule has 0 bridgehead atoms. The van der Waals surface area contributed by atoms with Crippen LogP contribution in [0.2, 0.25) is 0 Å². The number of anilines is 1. The van der Waals surface area contributed by atoms with E-state index in [0.29, 0.717) is 18.2 Å². The largest absolute Gasteiger partial charge is 0.446 e. The van der Waals surface area contributed by atoms with Gasteiger partial charge in [0.15, 0.2) is 6.39 Å². The molecule has 1 amide bonds. The highest BCUT2D eigenvalue weighted by Gasteiger charge is 2.23. The van der Waals surface area contributed by atoms with E-state index in [1.54, 1.807) is 0 Å². The predicted molar refractivity (Wildman–Crippen MR) is 75.5 cm³/mol. The molecule has 104 valence electrons. The molecule has 0 atom stereocenters. The van der Waals surface area contributed by atoms with Crippen LogP contribution in [0.25, 0.3) is 0 Å². The third-order valence-electron chi connectivity index (χ3n) is 3.34. The average molecular weight is 271 g/mol. The summed E-state index contributed by atoms with van der Waals surface area (Å²) in [6.45, 7) is 2.46. The number of carbonyl (C=O) groups excluding carboxylic acids is 1. The smallest absolute Gasteiger partial charge is 0.251 e. The average Bonchev–Trinajstić information content (AvgIpc) is 3.17. The Morgan fingerprint density at radius 2 is 2.30 bits per heavy atom. The second-order valence-corrected chi connectivity index (χ2v) is 5.04. The Bertz CT molecular complexity index is 617. The van der Waals surface area contributed by atoms with E-state index in [0.717, 1.165) is 30.0 Å². The van der Waals surface area contributed by atoms with Gasteiger partial charge in [-0.2, -0.15) is 0 Å². The first kappa shape index (κ1) is 12.7. The summed E-state index contributed by atoms with van der Waals surface area (Å²) in [7, 11) is 0. The lowest BCUT2D eigenvalue weighted by molar-refractivity contribution is 0.0951. The molecule has 1 fully saturated rings. The number of nitrogens with zero attached hydrogens (tertiary/aromatic N) is 1. The van der Waals surface area contributed by atoms with Crippen molar-refractivity contribution in [2.75, 3.05) is 5.32 Å². The summed E-state index contributed by atoms with van der Waals surface area (Å²) < 4.78 is 5.27. The van der Waals surface area contributed by atoms with Crippen molar-refractivity contribution >= 4 is 11.6 Å². The van der Waals surface area contributed by atoms with Crippen molar-refractivity contribution in [2.45, 2.75) is 32.4 Å². The zero-order chi connectivity index (χ0) is 13.9. The van der Waals surface area contributed by atoms with Crippen LogP contribution in [-0.4, -0.2) is 16.9 Å². The molecule has 1 aromatic carbocycles. The van der Waals surface area contributed by atoms with Gasteiger partial charge in [0.1, 0.15) is 5.76 Å². The molecular weight excluding hydrogens is 254 g/mol. The fourth-order valence-corrected chi connectivity index (χ4v) is 1.95. The second-order valence-electron chi connectivity index (χ2n) is 5.04. The van der Waals surface area contributed by atoms with Crippen LogP contribution in [-0.2, 0) is 6.54 Å². The summed E-state index contributed by atoms with van der Waals surface area (Å²) in [5.74, 6) is 0.796. The van der Waals surface area contributed by atoms with Crippen molar-refractivity contribution in [2.24, 2.45) is 0 Å². The number of rotatable bonds is 5. The summed E-state index contributed by atoms with van der Waals surface area (Å²) in [6.07, 6.45) is 3.62. The maximum Gasteiger partial charge on any atom is 0.251 e. The molecule has 3 rings (SSSR count). The standard InChI is InChI=1S/C15H17N3O2/c1-10-14(20-9-17-10)8-16-13-4-2-3-11(7-13)15(19)18-12-5-6-12/h2-4,7,9,12,16H,5-6,8H2,1H3,(H,18,19). The Kier molecular flexibility index (Phi) is 3.41. The molecule has 0 spiro atoms. The quantitative estimate of drug-likeness (QED) is 0.876. The molecule has 0 unspecified atom stereocenters. The van der Waals surface area contributed by atoms with Crippen molar-refractivity contribution < 1.29 is 9.21 Å². The number of amides is 1. The van der Waals surface area contributed by atoms with Gasteiger partial charge in [0.2, 0.25) is 0 Å². The van der Waals surface area contributed by atoms with E-state index in [1.807, 2.05) is 31.2 Å². The molecule has 1 saturated carbocycles. The van der Waals surface area contributed by atoms with Crippen LogP contribution < -0.4 is 10.6 Å². The summed E-state index contributed by atoms with van der Waals surface area (Å²) in [5, 5.41) is 6.22. The number of aromatic nitrogens is 1. The predicted octanol–water partition coefficient (Wildman–Crippen LogP) is 2.49. The number of benzene rings is 1. The maximum atomic E-state index is 12.0. The number of hydrogen-bond acceptors (Lipinski definition) is 4. The lowest BCUT2D eigenvalue weighted by Gasteiger charge is -2.08. The SMILES string of the molecule is Cc1ncoc1CNc1cccc(C(=O)NC2CC2)c1. The highest BCUT2D eigenvalue weighted by Crippen LogP contribution is 2.20. The minimum atomic E-state index is -0.00741. The molecule has 20 heavy (non-hydrogen) atoms. The molecule has 2 N–H and O–H groups in total. The van der Waals surface area contributed by atoms with E-state index in [9.17, 15) is 4.79 Å². The van der Waals surface area contributed by atoms with E-state index in [4.69, 9.17) is 4.42 Å². The van der Waals surface area contributed by atoms with Gasteiger partial charge in [-0.25, -0.2) is 4.98 Å². The van der Waals surface area contributed by atoms with Crippen LogP contribution in [0.4, 0.5) is 5.69 Å². The van der Waals surface area contributed by atoms with E-state index < -0.39 is 0 Å². The van der Waals surface area contributed by atoms with Gasteiger partial charge in [-0.05, 0) is 38.0 Å². The molecule has 1 aliphatic carbocycles. The minimum absolute atomic E-state index is 0.00741. The molecule has 5 heteroatoms. The van der Waals surface area contributed by atoms with Crippen molar-refractivity contribution in [1.82, 2.24) is 10.3 Å². The van der Waals surface area contributed by atoms with Crippen molar-refractivity contribution in [3.05, 3.63) is 47.7 Å². The van der Waals surface area contributed by atoms with Crippen LogP contribution in [0.3, 0.4) is 0 Å². The maximum absolute atomic E-state index is 12.0. The molecule has 1 aromatic heterocycles. The Balaban J connectivity index is 1.64. The fraction of sp³-hybridized carbons (Fsp3) is 0.333. The van der Waals surface area contributed by atoms with Gasteiger partial charge in [-0.3, -0.25) is 4.79 Å². The molecule has 1 aliphatic rings. The van der Waals surface area contributed by atoms with Crippen molar-refractivity contribution in [3.63, 3.8) is 0 Å². The summed E-state index contributed by atoms with van der Waals surface area (Å²) in [6, 6.07) is 7.85. The van der Waals surface area contributed by atoms with Crippen molar-refractivity contribution in [3.8, 4) is 0 Å². The number of nitrogens with one attached hydrogen (secondary N) is 2. The second kappa shape index (κ2) is 5.36. The van der Waals surface area contributed by atoms with Gasteiger partial charge < -0.3 is 15.1 Å². The molecule has 5 nitrogen and oxygen atoms in total. The van der Waals surface area contributed by atoms with E-state index in [2.05, 4.69) is 15.6 Å². The van der Waals surface area contributed by atoms with E-state index in [-0.39, 0.29) is 5.91 Å². The topological polar surface area (TPSA) is 67.2 Å². The Morgan fingerprint density at radius 1 is 1.45 bits per heavy atom. The number of aryl methyl sites for hydroxylation is 1. The van der Waals surface area contributed by atoms with Gasteiger partial charge in [0, 0.05) is 17.3 Å². The monoisotopic (exact) mass is 271 g/mol. The normalized spacial score (nSPS) is 14.1. The number of hydrogen-bond donors (Lipinski definition) is 2. The Hall–Kier alpha value is -2.30. The third kappa shape index (κ3) is 2.99. The third-order valence-corrected chi connectivity index (χ3v) is 3.34. The molecule has 2 aromatic rings. The van der Waals surface area contributed by atoms with Crippen LogP contribution in [0.5, 0.6) is 0 Å². The first-order chi connectivity index (χ1) is 9.72. The van der Waals surface area contributed by atoms with Crippen LogP contribution >= 0.6 is 0 Å². The molecule has 0 saturated heterocycles. The van der Waals surface area contributed by atoms with Gasteiger partial charge in [-0.1, -0.05) is 6.07 Å². The van der Waals surface area contributed by atoms with Gasteiger partial charge >= 0.3 is 0 Å². The first-order valence-corrected chi connectivity index (χ1v) is 6.76. The number of oxazole rings is 1. The van der Waals surface area contributed by atoms with Crippen LogP contribution in [0, 0.1) is 6.92 Å². The Labute approximate surface area is 117 Å². The highest BCUT2D eigenvalue weighted by atomic mass is 16.3. The zero-order valence-corrected chi connectivity index (χ0v) is 11.3. The number of carbonyl (C=O) groups is 1. The van der Waals surface area contributed by atoms with Gasteiger partial charge in [-0.15, -0.1) is 0 Å².